The molecule has 8 aliphatic rings. The minimum absolute atomic E-state index is 0.0393. The standard InChI is InChI=1S/2C46H42N4O6S/c1-29-23-34(49(51)52)24-32-19-21-45(55-41(29)32)43(2,3)36-11-7-9-13-38(36)47(45)27-30-15-17-31(18-16-30)28-48-39-14-10-8-12-37(39)44(4,5)46(48)22-20-33-25-35(50(53)54)26-40(57-6)42(33)56-46;1-29-23-32-19-21-45(55-41(32)39(24-29)49(51)52)43(2,3)35-11-7-9-13-37(35)47(45)27-30-15-17-31(18-16-30)28-48-38-14-10-8-12-36(38)44(4,5)46(48)22-20-33-25-34(57-6)26-40(50(53)54)42(33)56-46/h2*7-26H,27-28H2,1-6H3. The highest BCUT2D eigenvalue weighted by atomic mass is 32.2. The van der Waals surface area contributed by atoms with E-state index in [1.807, 2.05) is 93.1 Å². The number of nitro groups is 4. The van der Waals surface area contributed by atoms with Crippen molar-refractivity contribution in [3.05, 3.63) is 337 Å². The van der Waals surface area contributed by atoms with Gasteiger partial charge in [-0.3, -0.25) is 40.5 Å². The number of rotatable bonds is 14. The van der Waals surface area contributed by atoms with Gasteiger partial charge in [0.05, 0.1) is 46.2 Å². The van der Waals surface area contributed by atoms with Crippen LogP contribution in [0.3, 0.4) is 0 Å². The SMILES string of the molecule is CSc1cc([N+](=O)[O-])cc2c1OC1(C=C2)N(Cc2ccc(CN3c4ccccc4C(C)(C)C34C=Cc3cc([N+](=O)[O-])cc(C)c3O4)cc2)c2ccccc2C1(C)C.CSc1cc2c(c([N+](=O)[O-])c1)OC1(C=C2)N(Cc2ccc(CN3c4ccccc4C(C)(C)C34C=Cc3cc(C)cc([N+](=O)[O-])c3O4)cc2)c2ccccc2C1(C)C. The monoisotopic (exact) mass is 1560 g/mol. The highest BCUT2D eigenvalue weighted by Crippen LogP contribution is 2.62. The van der Waals surface area contributed by atoms with Gasteiger partial charge in [-0.05, 0) is 222 Å². The van der Waals surface area contributed by atoms with E-state index in [0.717, 1.165) is 88.2 Å². The molecule has 0 aromatic heterocycles. The molecular weight excluding hydrogens is 1470 g/mol. The van der Waals surface area contributed by atoms with E-state index in [4.69, 9.17) is 18.9 Å². The Morgan fingerprint density at radius 3 is 0.991 bits per heavy atom. The molecule has 10 aromatic carbocycles. The maximum Gasteiger partial charge on any atom is 0.312 e. The van der Waals surface area contributed by atoms with Crippen LogP contribution in [0, 0.1) is 54.3 Å². The Balaban J connectivity index is 0.000000165. The minimum Gasteiger partial charge on any atom is -0.462 e. The van der Waals surface area contributed by atoms with E-state index < -0.39 is 44.6 Å². The molecule has 0 bridgehead atoms. The van der Waals surface area contributed by atoms with E-state index in [1.54, 1.807) is 36.4 Å². The van der Waals surface area contributed by atoms with Gasteiger partial charge in [0.1, 0.15) is 11.5 Å². The third kappa shape index (κ3) is 11.1. The molecule has 4 spiro atoms. The summed E-state index contributed by atoms with van der Waals surface area (Å²) >= 11 is 2.90. The van der Waals surface area contributed by atoms with E-state index >= 15 is 0 Å². The third-order valence-corrected chi connectivity index (χ3v) is 26.4. The Labute approximate surface area is 669 Å². The topological polar surface area (TPSA) is 222 Å². The number of nitro benzene ring substituents is 4. The van der Waals surface area contributed by atoms with Crippen molar-refractivity contribution in [2.75, 3.05) is 32.1 Å². The van der Waals surface area contributed by atoms with Crippen LogP contribution < -0.4 is 38.5 Å². The van der Waals surface area contributed by atoms with Gasteiger partial charge in [-0.25, -0.2) is 0 Å². The summed E-state index contributed by atoms with van der Waals surface area (Å²) in [4.78, 5) is 57.3. The molecule has 0 aliphatic carbocycles. The first-order valence-corrected chi connectivity index (χ1v) is 40.3. The summed E-state index contributed by atoms with van der Waals surface area (Å²) in [7, 11) is 0. The predicted octanol–water partition coefficient (Wildman–Crippen LogP) is 21.5. The summed E-state index contributed by atoms with van der Waals surface area (Å²) in [5.74, 6) is 1.84. The lowest BCUT2D eigenvalue weighted by Gasteiger charge is -2.47. The van der Waals surface area contributed by atoms with Gasteiger partial charge in [-0.1, -0.05) is 121 Å². The van der Waals surface area contributed by atoms with E-state index in [-0.39, 0.29) is 53.9 Å². The van der Waals surface area contributed by atoms with Crippen LogP contribution in [0.1, 0.15) is 133 Å². The third-order valence-electron chi connectivity index (χ3n) is 25.0. The number of nitrogens with zero attached hydrogens (tertiary/aromatic N) is 8. The number of anilines is 4. The Hall–Kier alpha value is -12.1. The fraction of sp³-hybridized carbons (Fsp3) is 0.261. The summed E-state index contributed by atoms with van der Waals surface area (Å²) in [6.07, 6.45) is 19.9. The average Bonchev–Trinajstić information content (AvgIpc) is 1.55. The fourth-order valence-corrected chi connectivity index (χ4v) is 19.9. The second-order valence-corrected chi connectivity index (χ2v) is 34.3. The first-order chi connectivity index (χ1) is 54.4. The summed E-state index contributed by atoms with van der Waals surface area (Å²) in [6, 6.07) is 63.8. The molecule has 0 saturated carbocycles. The highest BCUT2D eigenvalue weighted by molar-refractivity contribution is 7.98. The number of ether oxygens (including phenoxy) is 4. The number of aryl methyl sites for hydroxylation is 2. The zero-order chi connectivity index (χ0) is 80.1. The van der Waals surface area contributed by atoms with Crippen molar-refractivity contribution in [3.8, 4) is 23.0 Å². The molecule has 0 fully saturated rings. The van der Waals surface area contributed by atoms with Crippen LogP contribution in [0.5, 0.6) is 23.0 Å². The van der Waals surface area contributed by atoms with Crippen LogP contribution in [0.4, 0.5) is 45.5 Å². The zero-order valence-electron chi connectivity index (χ0n) is 65.2. The number of hydrogen-bond donors (Lipinski definition) is 0. The van der Waals surface area contributed by atoms with Crippen molar-refractivity contribution >= 4 is 93.3 Å². The molecule has 576 valence electrons. The van der Waals surface area contributed by atoms with Crippen molar-refractivity contribution in [3.63, 3.8) is 0 Å². The van der Waals surface area contributed by atoms with Gasteiger partial charge in [-0.2, -0.15) is 0 Å². The van der Waals surface area contributed by atoms with Gasteiger partial charge < -0.3 is 38.5 Å². The lowest BCUT2D eigenvalue weighted by Crippen LogP contribution is -2.59. The average molecular weight is 1560 g/mol. The van der Waals surface area contributed by atoms with Crippen LogP contribution in [0.15, 0.2) is 228 Å². The first-order valence-electron chi connectivity index (χ1n) is 37.9. The Kier molecular flexibility index (Phi) is 17.5. The Morgan fingerprint density at radius 1 is 0.342 bits per heavy atom. The van der Waals surface area contributed by atoms with Gasteiger partial charge in [0, 0.05) is 112 Å². The Bertz CT molecular complexity index is 5880. The van der Waals surface area contributed by atoms with Crippen molar-refractivity contribution in [2.45, 2.75) is 150 Å². The molecular formula is C92H84N8O12S2. The summed E-state index contributed by atoms with van der Waals surface area (Å²) < 4.78 is 28.1. The second kappa shape index (κ2) is 26.8. The van der Waals surface area contributed by atoms with E-state index in [1.165, 1.54) is 23.5 Å². The molecule has 8 heterocycles. The van der Waals surface area contributed by atoms with Crippen LogP contribution in [-0.4, -0.2) is 55.1 Å². The summed E-state index contributed by atoms with van der Waals surface area (Å²) in [5, 5.41) is 48.2. The Morgan fingerprint density at radius 2 is 0.649 bits per heavy atom. The maximum atomic E-state index is 12.4. The van der Waals surface area contributed by atoms with Crippen LogP contribution in [0.2, 0.25) is 0 Å². The lowest BCUT2D eigenvalue weighted by atomic mass is 9.76. The van der Waals surface area contributed by atoms with Crippen molar-refractivity contribution in [1.82, 2.24) is 0 Å². The maximum absolute atomic E-state index is 12.4. The molecule has 0 saturated heterocycles. The van der Waals surface area contributed by atoms with Crippen molar-refractivity contribution in [2.24, 2.45) is 0 Å². The quantitative estimate of drug-likeness (QED) is 0.0561. The molecule has 0 N–H and O–H groups in total. The van der Waals surface area contributed by atoms with Gasteiger partial charge in [0.25, 0.3) is 11.4 Å². The zero-order valence-corrected chi connectivity index (χ0v) is 66.8. The number of non-ortho nitro benzene ring substituents is 2. The number of benzene rings is 10. The van der Waals surface area contributed by atoms with Crippen LogP contribution in [-0.2, 0) is 47.8 Å². The normalized spacial score (nSPS) is 21.4. The smallest absolute Gasteiger partial charge is 0.312 e. The lowest BCUT2D eigenvalue weighted by molar-refractivity contribution is -0.386. The summed E-state index contributed by atoms with van der Waals surface area (Å²) in [6.45, 7) is 23.1. The highest BCUT2D eigenvalue weighted by Gasteiger charge is 2.64. The largest absolute Gasteiger partial charge is 0.462 e. The molecule has 20 nitrogen and oxygen atoms in total. The summed E-state index contributed by atoms with van der Waals surface area (Å²) in [5.41, 5.74) is 11.2. The van der Waals surface area contributed by atoms with Crippen molar-refractivity contribution in [1.29, 1.82) is 0 Å². The molecule has 10 aromatic rings. The first kappa shape index (κ1) is 74.6. The fourth-order valence-electron chi connectivity index (χ4n) is 18.8. The van der Waals surface area contributed by atoms with Gasteiger partial charge in [-0.15, -0.1) is 23.5 Å². The molecule has 22 heteroatoms. The molecule has 0 amide bonds. The number of thioether (sulfide) groups is 2. The molecule has 8 aliphatic heterocycles. The molecule has 4 unspecified atom stereocenters. The predicted molar refractivity (Wildman–Crippen MR) is 450 cm³/mol. The minimum atomic E-state index is -1.05. The second-order valence-electron chi connectivity index (χ2n) is 32.6. The van der Waals surface area contributed by atoms with E-state index in [9.17, 15) is 40.5 Å². The molecule has 4 atom stereocenters. The van der Waals surface area contributed by atoms with Gasteiger partial charge >= 0.3 is 11.4 Å². The molecule has 114 heavy (non-hydrogen) atoms. The molecule has 0 radical (unpaired) electrons. The van der Waals surface area contributed by atoms with Crippen LogP contribution >= 0.6 is 23.5 Å². The van der Waals surface area contributed by atoms with Gasteiger partial charge in [0.15, 0.2) is 0 Å². The number of hydrogen-bond acceptors (Lipinski definition) is 18. The number of fused-ring (bicyclic) bond motifs is 8. The molecule has 18 rings (SSSR count). The van der Waals surface area contributed by atoms with E-state index in [0.29, 0.717) is 59.9 Å². The van der Waals surface area contributed by atoms with Crippen molar-refractivity contribution < 1.29 is 38.6 Å². The van der Waals surface area contributed by atoms with E-state index in [2.05, 4.69) is 215 Å². The van der Waals surface area contributed by atoms with Gasteiger partial charge in [0.2, 0.25) is 34.4 Å². The van der Waals surface area contributed by atoms with Crippen LogP contribution in [0.25, 0.3) is 24.3 Å². The number of para-hydroxylation sites is 4.